The van der Waals surface area contributed by atoms with E-state index >= 15 is 0 Å². The Hall–Kier alpha value is -2.41. The van der Waals surface area contributed by atoms with Crippen LogP contribution in [0.15, 0.2) is 24.7 Å². The van der Waals surface area contributed by atoms with E-state index < -0.39 is 5.97 Å². The standard InChI is InChI=1S/C14H16N2O5.ClH/c1-19-11-4-9(5-12(20-2)13(11)21-3)7-16-8-15-6-10(16)14(17)18;/h4-6,8H,7H2,1-3H3,(H,17,18);1H. The number of hydrogen-bond donors (Lipinski definition) is 1. The lowest BCUT2D eigenvalue weighted by Gasteiger charge is -2.14. The molecular formula is C14H17ClN2O5. The van der Waals surface area contributed by atoms with Crippen LogP contribution >= 0.6 is 12.4 Å². The van der Waals surface area contributed by atoms with Crippen molar-refractivity contribution in [1.29, 1.82) is 0 Å². The highest BCUT2D eigenvalue weighted by Gasteiger charge is 2.15. The van der Waals surface area contributed by atoms with Crippen molar-refractivity contribution in [2.24, 2.45) is 0 Å². The zero-order valence-electron chi connectivity index (χ0n) is 12.4. The molecular weight excluding hydrogens is 312 g/mol. The number of rotatable bonds is 6. The summed E-state index contributed by atoms with van der Waals surface area (Å²) in [6.45, 7) is 0.332. The van der Waals surface area contributed by atoms with Gasteiger partial charge in [0, 0.05) is 6.54 Å². The summed E-state index contributed by atoms with van der Waals surface area (Å²) in [6.07, 6.45) is 2.77. The Bertz CT molecular complexity index is 631. The van der Waals surface area contributed by atoms with E-state index in [1.165, 1.54) is 38.4 Å². The number of methoxy groups -OCH3 is 3. The zero-order valence-corrected chi connectivity index (χ0v) is 13.2. The van der Waals surface area contributed by atoms with Gasteiger partial charge in [0.2, 0.25) is 5.75 Å². The minimum atomic E-state index is -1.03. The summed E-state index contributed by atoms with van der Waals surface area (Å²) >= 11 is 0. The number of benzene rings is 1. The molecule has 1 aromatic heterocycles. The van der Waals surface area contributed by atoms with Crippen LogP contribution in [0.25, 0.3) is 0 Å². The van der Waals surface area contributed by atoms with Crippen LogP contribution in [-0.2, 0) is 6.54 Å². The number of carbonyl (C=O) groups is 1. The number of aromatic nitrogens is 2. The van der Waals surface area contributed by atoms with Crippen molar-refractivity contribution >= 4 is 18.4 Å². The molecule has 0 saturated heterocycles. The summed E-state index contributed by atoms with van der Waals surface area (Å²) in [4.78, 5) is 14.9. The summed E-state index contributed by atoms with van der Waals surface area (Å²) < 4.78 is 17.3. The van der Waals surface area contributed by atoms with Crippen LogP contribution in [-0.4, -0.2) is 42.0 Å². The molecule has 22 heavy (non-hydrogen) atoms. The minimum absolute atomic E-state index is 0. The fourth-order valence-corrected chi connectivity index (χ4v) is 2.05. The van der Waals surface area contributed by atoms with Gasteiger partial charge in [0.05, 0.1) is 33.9 Å². The van der Waals surface area contributed by atoms with Gasteiger partial charge in [0.15, 0.2) is 11.5 Å². The molecule has 0 radical (unpaired) electrons. The highest BCUT2D eigenvalue weighted by molar-refractivity contribution is 5.85. The zero-order chi connectivity index (χ0) is 15.4. The van der Waals surface area contributed by atoms with Gasteiger partial charge in [-0.2, -0.15) is 0 Å². The van der Waals surface area contributed by atoms with E-state index in [1.54, 1.807) is 12.1 Å². The number of carboxylic acids is 1. The van der Waals surface area contributed by atoms with Crippen molar-refractivity contribution in [1.82, 2.24) is 9.55 Å². The highest BCUT2D eigenvalue weighted by atomic mass is 35.5. The number of aromatic carboxylic acids is 1. The van der Waals surface area contributed by atoms with Crippen molar-refractivity contribution in [2.75, 3.05) is 21.3 Å². The fraction of sp³-hybridized carbons (Fsp3) is 0.286. The van der Waals surface area contributed by atoms with Gasteiger partial charge in [-0.3, -0.25) is 0 Å². The van der Waals surface area contributed by atoms with Gasteiger partial charge >= 0.3 is 5.97 Å². The maximum absolute atomic E-state index is 11.1. The maximum atomic E-state index is 11.1. The molecule has 1 heterocycles. The Balaban J connectivity index is 0.00000242. The smallest absolute Gasteiger partial charge is 0.354 e. The number of hydrogen-bond acceptors (Lipinski definition) is 5. The lowest BCUT2D eigenvalue weighted by Crippen LogP contribution is -2.09. The highest BCUT2D eigenvalue weighted by Crippen LogP contribution is 2.38. The van der Waals surface area contributed by atoms with Crippen molar-refractivity contribution in [3.63, 3.8) is 0 Å². The normalized spacial score (nSPS) is 9.77. The summed E-state index contributed by atoms with van der Waals surface area (Å²) in [7, 11) is 4.58. The minimum Gasteiger partial charge on any atom is -0.493 e. The molecule has 2 rings (SSSR count). The first kappa shape index (κ1) is 17.6. The molecule has 0 saturated carbocycles. The van der Waals surface area contributed by atoms with Crippen LogP contribution in [0, 0.1) is 0 Å². The van der Waals surface area contributed by atoms with Crippen LogP contribution in [0.1, 0.15) is 16.1 Å². The molecule has 2 aromatic rings. The number of halogens is 1. The van der Waals surface area contributed by atoms with Crippen LogP contribution in [0.4, 0.5) is 0 Å². The summed E-state index contributed by atoms with van der Waals surface area (Å²) in [5, 5.41) is 9.09. The Morgan fingerprint density at radius 3 is 2.23 bits per heavy atom. The second-order valence-electron chi connectivity index (χ2n) is 4.25. The second kappa shape index (κ2) is 7.56. The van der Waals surface area contributed by atoms with Gasteiger partial charge in [0.1, 0.15) is 5.69 Å². The third kappa shape index (κ3) is 3.43. The van der Waals surface area contributed by atoms with Gasteiger partial charge in [-0.05, 0) is 17.7 Å². The predicted octanol–water partition coefficient (Wildman–Crippen LogP) is 2.08. The number of nitrogens with zero attached hydrogens (tertiary/aromatic N) is 2. The second-order valence-corrected chi connectivity index (χ2v) is 4.25. The third-order valence-corrected chi connectivity index (χ3v) is 3.01. The van der Waals surface area contributed by atoms with E-state index in [1.807, 2.05) is 0 Å². The van der Waals surface area contributed by atoms with Gasteiger partial charge in [-0.1, -0.05) is 0 Å². The van der Waals surface area contributed by atoms with Gasteiger partial charge in [-0.15, -0.1) is 12.4 Å². The molecule has 0 aliphatic rings. The lowest BCUT2D eigenvalue weighted by molar-refractivity contribution is 0.0685. The lowest BCUT2D eigenvalue weighted by atomic mass is 10.1. The predicted molar refractivity (Wildman–Crippen MR) is 81.6 cm³/mol. The van der Waals surface area contributed by atoms with Gasteiger partial charge in [-0.25, -0.2) is 9.78 Å². The molecule has 0 atom stereocenters. The number of imidazole rings is 1. The summed E-state index contributed by atoms with van der Waals surface area (Å²) in [6, 6.07) is 3.54. The van der Waals surface area contributed by atoms with Crippen molar-refractivity contribution < 1.29 is 24.1 Å². The van der Waals surface area contributed by atoms with Crippen LogP contribution in [0.3, 0.4) is 0 Å². The fourth-order valence-electron chi connectivity index (χ4n) is 2.05. The van der Waals surface area contributed by atoms with Gasteiger partial charge < -0.3 is 23.9 Å². The molecule has 0 unspecified atom stereocenters. The molecule has 8 heteroatoms. The maximum Gasteiger partial charge on any atom is 0.354 e. The van der Waals surface area contributed by atoms with E-state index in [0.717, 1.165) is 5.56 Å². The molecule has 0 bridgehead atoms. The van der Waals surface area contributed by atoms with E-state index in [9.17, 15) is 4.79 Å². The average Bonchev–Trinajstić information content (AvgIpc) is 2.94. The van der Waals surface area contributed by atoms with E-state index in [4.69, 9.17) is 19.3 Å². The van der Waals surface area contributed by atoms with Crippen molar-refractivity contribution in [3.05, 3.63) is 35.9 Å². The van der Waals surface area contributed by atoms with Crippen LogP contribution in [0.5, 0.6) is 17.2 Å². The number of ether oxygens (including phenoxy) is 3. The summed E-state index contributed by atoms with van der Waals surface area (Å²) in [5.41, 5.74) is 0.925. The molecule has 0 aliphatic heterocycles. The van der Waals surface area contributed by atoms with Gasteiger partial charge in [0.25, 0.3) is 0 Å². The van der Waals surface area contributed by atoms with Crippen LogP contribution < -0.4 is 14.2 Å². The number of carboxylic acid groups (broad SMARTS) is 1. The Morgan fingerprint density at radius 2 is 1.77 bits per heavy atom. The average molecular weight is 329 g/mol. The molecule has 120 valence electrons. The third-order valence-electron chi connectivity index (χ3n) is 3.01. The molecule has 0 spiro atoms. The first-order chi connectivity index (χ1) is 10.1. The monoisotopic (exact) mass is 328 g/mol. The molecule has 0 aliphatic carbocycles. The van der Waals surface area contributed by atoms with E-state index in [0.29, 0.717) is 23.8 Å². The molecule has 7 nitrogen and oxygen atoms in total. The first-order valence-electron chi connectivity index (χ1n) is 6.13. The van der Waals surface area contributed by atoms with Crippen LogP contribution in [0.2, 0.25) is 0 Å². The van der Waals surface area contributed by atoms with Crippen molar-refractivity contribution in [3.8, 4) is 17.2 Å². The van der Waals surface area contributed by atoms with E-state index in [-0.39, 0.29) is 18.1 Å². The Labute approximate surface area is 133 Å². The quantitative estimate of drug-likeness (QED) is 0.874. The topological polar surface area (TPSA) is 82.8 Å². The Morgan fingerprint density at radius 1 is 1.18 bits per heavy atom. The summed E-state index contributed by atoms with van der Waals surface area (Å²) in [5.74, 6) is 0.500. The Kier molecular flexibility index (Phi) is 6.06. The van der Waals surface area contributed by atoms with Crippen molar-refractivity contribution in [2.45, 2.75) is 6.54 Å². The SMILES string of the molecule is COc1cc(Cn2cncc2C(=O)O)cc(OC)c1OC.Cl. The molecule has 0 amide bonds. The molecule has 0 fully saturated rings. The first-order valence-corrected chi connectivity index (χ1v) is 6.13. The molecule has 1 aromatic carbocycles. The molecule has 1 N–H and O–H groups in total. The van der Waals surface area contributed by atoms with E-state index in [2.05, 4.69) is 4.98 Å². The largest absolute Gasteiger partial charge is 0.493 e.